The van der Waals surface area contributed by atoms with Crippen LogP contribution in [0.25, 0.3) is 0 Å². The van der Waals surface area contributed by atoms with Crippen molar-refractivity contribution in [3.63, 3.8) is 0 Å². The lowest BCUT2D eigenvalue weighted by molar-refractivity contribution is 0.365. The van der Waals surface area contributed by atoms with Gasteiger partial charge in [-0.15, -0.1) is 0 Å². The van der Waals surface area contributed by atoms with Crippen LogP contribution in [-0.4, -0.2) is 7.11 Å². The van der Waals surface area contributed by atoms with Crippen LogP contribution in [0, 0.1) is 0 Å². The van der Waals surface area contributed by atoms with E-state index in [-0.39, 0.29) is 0 Å². The number of allylic oxidation sites excluding steroid dienone is 3. The summed E-state index contributed by atoms with van der Waals surface area (Å²) in [6.45, 7) is 0. The van der Waals surface area contributed by atoms with Gasteiger partial charge in [0.1, 0.15) is 5.76 Å². The third-order valence-electron chi connectivity index (χ3n) is 2.41. The summed E-state index contributed by atoms with van der Waals surface area (Å²) in [5.41, 5.74) is 0. The number of methoxy groups -OCH3 is 1. The molecular formula is C13H13ClO2S. The molecule has 0 radical (unpaired) electrons. The zero-order valence-corrected chi connectivity index (χ0v) is 11.1. The lowest BCUT2D eigenvalue weighted by Crippen LogP contribution is -1.97. The highest BCUT2D eigenvalue weighted by atomic mass is 35.7. The van der Waals surface area contributed by atoms with Crippen molar-refractivity contribution in [1.29, 1.82) is 0 Å². The molecule has 1 aliphatic rings. The largest absolute Gasteiger partial charge is 0.493 e. The summed E-state index contributed by atoms with van der Waals surface area (Å²) in [4.78, 5) is 0.934. The Bertz CT molecular complexity index is 455. The van der Waals surface area contributed by atoms with E-state index < -0.39 is 0 Å². The van der Waals surface area contributed by atoms with E-state index >= 15 is 0 Å². The van der Waals surface area contributed by atoms with Crippen molar-refractivity contribution >= 4 is 21.7 Å². The quantitative estimate of drug-likeness (QED) is 0.798. The standard InChI is InChI=1S/C13H13ClO2S/c1-15-13-9-11(17-14)7-8-12(13)16-10-5-3-2-4-6-10/h3,5-9H,2,4H2,1H3. The van der Waals surface area contributed by atoms with Crippen molar-refractivity contribution in [3.05, 3.63) is 42.2 Å². The Morgan fingerprint density at radius 1 is 1.24 bits per heavy atom. The molecule has 0 bridgehead atoms. The van der Waals surface area contributed by atoms with E-state index in [2.05, 4.69) is 12.2 Å². The van der Waals surface area contributed by atoms with Crippen molar-refractivity contribution in [2.45, 2.75) is 17.7 Å². The summed E-state index contributed by atoms with van der Waals surface area (Å²) >= 11 is 0. The molecule has 0 heterocycles. The molecule has 1 aromatic rings. The predicted octanol–water partition coefficient (Wildman–Crippen LogP) is 4.55. The Kier molecular flexibility index (Phi) is 4.40. The van der Waals surface area contributed by atoms with Crippen LogP contribution in [0.3, 0.4) is 0 Å². The maximum absolute atomic E-state index is 5.77. The van der Waals surface area contributed by atoms with Crippen LogP contribution in [0.15, 0.2) is 47.1 Å². The third kappa shape index (κ3) is 3.20. The van der Waals surface area contributed by atoms with E-state index in [0.717, 1.165) is 34.5 Å². The summed E-state index contributed by atoms with van der Waals surface area (Å²) in [5.74, 6) is 2.26. The number of benzene rings is 1. The first kappa shape index (κ1) is 12.4. The van der Waals surface area contributed by atoms with E-state index in [1.807, 2.05) is 24.3 Å². The average Bonchev–Trinajstić information content (AvgIpc) is 2.40. The number of hydrogen-bond donors (Lipinski definition) is 0. The molecule has 2 nitrogen and oxygen atoms in total. The zero-order chi connectivity index (χ0) is 12.1. The molecule has 0 spiro atoms. The summed E-state index contributed by atoms with van der Waals surface area (Å²) < 4.78 is 11.1. The normalized spacial score (nSPS) is 14.4. The van der Waals surface area contributed by atoms with Gasteiger partial charge >= 0.3 is 0 Å². The fourth-order valence-corrected chi connectivity index (χ4v) is 2.13. The molecule has 90 valence electrons. The lowest BCUT2D eigenvalue weighted by Gasteiger charge is -2.13. The summed E-state index contributed by atoms with van der Waals surface area (Å²) in [7, 11) is 8.48. The van der Waals surface area contributed by atoms with Gasteiger partial charge in [-0.05, 0) is 64.9 Å². The molecule has 0 unspecified atom stereocenters. The molecule has 0 fully saturated rings. The minimum atomic E-state index is 0.690. The van der Waals surface area contributed by atoms with Gasteiger partial charge in [0.2, 0.25) is 0 Å². The fourth-order valence-electron chi connectivity index (χ4n) is 1.57. The summed E-state index contributed by atoms with van der Waals surface area (Å²) in [6, 6.07) is 5.63. The molecule has 1 aromatic carbocycles. The molecule has 0 aromatic heterocycles. The van der Waals surface area contributed by atoms with E-state index in [1.165, 1.54) is 0 Å². The van der Waals surface area contributed by atoms with E-state index in [1.54, 1.807) is 7.11 Å². The van der Waals surface area contributed by atoms with Crippen LogP contribution in [-0.2, 0) is 0 Å². The van der Waals surface area contributed by atoms with Gasteiger partial charge in [-0.25, -0.2) is 0 Å². The van der Waals surface area contributed by atoms with Gasteiger partial charge in [0, 0.05) is 4.90 Å². The van der Waals surface area contributed by atoms with Crippen LogP contribution in [0.4, 0.5) is 0 Å². The first-order chi connectivity index (χ1) is 8.33. The number of hydrogen-bond acceptors (Lipinski definition) is 3. The second kappa shape index (κ2) is 6.03. The molecule has 2 rings (SSSR count). The minimum absolute atomic E-state index is 0.690. The second-order valence-electron chi connectivity index (χ2n) is 3.58. The molecule has 0 N–H and O–H groups in total. The van der Waals surface area contributed by atoms with Gasteiger partial charge in [0.15, 0.2) is 11.5 Å². The highest BCUT2D eigenvalue weighted by Crippen LogP contribution is 2.34. The van der Waals surface area contributed by atoms with Crippen molar-refractivity contribution in [2.24, 2.45) is 0 Å². The van der Waals surface area contributed by atoms with Crippen molar-refractivity contribution in [2.75, 3.05) is 7.11 Å². The van der Waals surface area contributed by atoms with E-state index in [9.17, 15) is 0 Å². The van der Waals surface area contributed by atoms with Gasteiger partial charge in [-0.3, -0.25) is 0 Å². The smallest absolute Gasteiger partial charge is 0.169 e. The molecule has 0 saturated carbocycles. The van der Waals surface area contributed by atoms with Crippen LogP contribution in [0.5, 0.6) is 11.5 Å². The van der Waals surface area contributed by atoms with E-state index in [4.69, 9.17) is 20.2 Å². The first-order valence-electron chi connectivity index (χ1n) is 5.34. The number of rotatable bonds is 4. The van der Waals surface area contributed by atoms with E-state index in [0.29, 0.717) is 11.5 Å². The Morgan fingerprint density at radius 2 is 2.12 bits per heavy atom. The van der Waals surface area contributed by atoms with Gasteiger partial charge in [-0.2, -0.15) is 0 Å². The molecule has 0 atom stereocenters. The Morgan fingerprint density at radius 3 is 2.76 bits per heavy atom. The summed E-state index contributed by atoms with van der Waals surface area (Å²) in [5, 5.41) is 0. The molecular weight excluding hydrogens is 256 g/mol. The SMILES string of the molecule is COc1cc(SCl)ccc1OC1=CCCC=C1. The molecule has 1 aliphatic carbocycles. The molecule has 0 amide bonds. The highest BCUT2D eigenvalue weighted by Gasteiger charge is 2.08. The third-order valence-corrected chi connectivity index (χ3v) is 3.38. The van der Waals surface area contributed by atoms with Crippen LogP contribution >= 0.6 is 21.7 Å². The Balaban J connectivity index is 2.20. The summed E-state index contributed by atoms with van der Waals surface area (Å²) in [6.07, 6.45) is 8.25. The van der Waals surface area contributed by atoms with Crippen molar-refractivity contribution < 1.29 is 9.47 Å². The second-order valence-corrected chi connectivity index (χ2v) is 4.67. The maximum atomic E-state index is 5.77. The van der Waals surface area contributed by atoms with Crippen molar-refractivity contribution in [1.82, 2.24) is 0 Å². The maximum Gasteiger partial charge on any atom is 0.169 e. The Labute approximate surface area is 110 Å². The first-order valence-corrected chi connectivity index (χ1v) is 6.99. The number of halogens is 1. The zero-order valence-electron chi connectivity index (χ0n) is 9.48. The topological polar surface area (TPSA) is 18.5 Å². The van der Waals surface area contributed by atoms with Gasteiger partial charge in [0.25, 0.3) is 0 Å². The lowest BCUT2D eigenvalue weighted by atomic mass is 10.2. The van der Waals surface area contributed by atoms with Crippen LogP contribution < -0.4 is 9.47 Å². The van der Waals surface area contributed by atoms with Crippen LogP contribution in [0.1, 0.15) is 12.8 Å². The van der Waals surface area contributed by atoms with Crippen molar-refractivity contribution in [3.8, 4) is 11.5 Å². The fraction of sp³-hybridized carbons (Fsp3) is 0.231. The average molecular weight is 269 g/mol. The van der Waals surface area contributed by atoms with Gasteiger partial charge < -0.3 is 9.47 Å². The molecule has 0 aliphatic heterocycles. The monoisotopic (exact) mass is 268 g/mol. The van der Waals surface area contributed by atoms with Gasteiger partial charge in [-0.1, -0.05) is 6.08 Å². The minimum Gasteiger partial charge on any atom is -0.493 e. The predicted molar refractivity (Wildman–Crippen MR) is 71.8 cm³/mol. The highest BCUT2D eigenvalue weighted by molar-refractivity contribution is 8.21. The Hall–Kier alpha value is -1.06. The molecule has 17 heavy (non-hydrogen) atoms. The van der Waals surface area contributed by atoms with Gasteiger partial charge in [0.05, 0.1) is 7.11 Å². The molecule has 4 heteroatoms. The number of ether oxygens (including phenoxy) is 2. The van der Waals surface area contributed by atoms with Crippen LogP contribution in [0.2, 0.25) is 0 Å². The molecule has 0 saturated heterocycles.